The summed E-state index contributed by atoms with van der Waals surface area (Å²) in [6, 6.07) is 0. The second-order valence-corrected chi connectivity index (χ2v) is 20.7. The van der Waals surface area contributed by atoms with Gasteiger partial charge in [0, 0.05) is 40.1 Å². The monoisotopic (exact) mass is 856 g/mol. The fourth-order valence-corrected chi connectivity index (χ4v) is 14.7. The molecular formula is C49H70F2O10. The number of allylic oxidation sites excluding steroid dienone is 8. The van der Waals surface area contributed by atoms with E-state index in [1.165, 1.54) is 30.7 Å². The number of hydrogen-bond acceptors (Lipinski definition) is 10. The number of carbonyl (C=O) groups excluding carboxylic acids is 4. The van der Waals surface area contributed by atoms with Crippen molar-refractivity contribution in [3.8, 4) is 0 Å². The summed E-state index contributed by atoms with van der Waals surface area (Å²) in [6.45, 7) is 16.1. The summed E-state index contributed by atoms with van der Waals surface area (Å²) in [5.74, 6) is -3.77. The molecular weight excluding hydrogens is 787 g/mol. The molecule has 8 aliphatic carbocycles. The predicted molar refractivity (Wildman–Crippen MR) is 225 cm³/mol. The molecule has 0 aliphatic heterocycles. The lowest BCUT2D eigenvalue weighted by Gasteiger charge is -2.62. The van der Waals surface area contributed by atoms with Crippen LogP contribution in [0.1, 0.15) is 120 Å². The summed E-state index contributed by atoms with van der Waals surface area (Å²) in [6.07, 6.45) is 10.4. The van der Waals surface area contributed by atoms with Crippen molar-refractivity contribution in [3.63, 3.8) is 0 Å². The van der Waals surface area contributed by atoms with E-state index in [2.05, 4.69) is 13.8 Å². The van der Waals surface area contributed by atoms with Crippen molar-refractivity contribution < 1.29 is 58.2 Å². The maximum absolute atomic E-state index is 17.0. The molecule has 0 unspecified atom stereocenters. The van der Waals surface area contributed by atoms with Crippen LogP contribution in [0, 0.1) is 57.2 Å². The van der Waals surface area contributed by atoms with Crippen LogP contribution in [-0.2, 0) is 23.9 Å². The topological polar surface area (TPSA) is 179 Å². The molecule has 0 heterocycles. The van der Waals surface area contributed by atoms with Crippen LogP contribution < -0.4 is 0 Å². The van der Waals surface area contributed by atoms with Crippen molar-refractivity contribution in [2.75, 3.05) is 19.8 Å². The number of rotatable bonds is 6. The summed E-state index contributed by atoms with van der Waals surface area (Å²) in [4.78, 5) is 49.3. The number of aliphatic hydroxyl groups is 5. The van der Waals surface area contributed by atoms with Gasteiger partial charge in [-0.2, -0.15) is 0 Å². The number of ketones is 4. The molecule has 0 bridgehead atoms. The zero-order valence-corrected chi connectivity index (χ0v) is 37.6. The minimum Gasteiger partial charge on any atom is -0.390 e. The van der Waals surface area contributed by atoms with E-state index >= 15 is 8.78 Å². The summed E-state index contributed by atoms with van der Waals surface area (Å²) in [7, 11) is 0. The van der Waals surface area contributed by atoms with Gasteiger partial charge in [0.05, 0.1) is 12.2 Å². The molecule has 0 spiro atoms. The van der Waals surface area contributed by atoms with E-state index in [1.807, 2.05) is 13.8 Å². The van der Waals surface area contributed by atoms with Gasteiger partial charge >= 0.3 is 0 Å². The van der Waals surface area contributed by atoms with E-state index in [0.717, 1.165) is 5.57 Å². The van der Waals surface area contributed by atoms with Gasteiger partial charge in [0.15, 0.2) is 34.5 Å². The quantitative estimate of drug-likeness (QED) is 0.205. The van der Waals surface area contributed by atoms with E-state index in [4.69, 9.17) is 4.74 Å². The summed E-state index contributed by atoms with van der Waals surface area (Å²) >= 11 is 0. The molecule has 8 rings (SSSR count). The molecule has 0 radical (unpaired) electrons. The van der Waals surface area contributed by atoms with E-state index in [9.17, 15) is 44.7 Å². The largest absolute Gasteiger partial charge is 0.390 e. The third kappa shape index (κ3) is 6.25. The lowest BCUT2D eigenvalue weighted by atomic mass is 9.44. The van der Waals surface area contributed by atoms with Gasteiger partial charge in [-0.15, -0.1) is 0 Å². The highest BCUT2D eigenvalue weighted by molar-refractivity contribution is 6.02. The van der Waals surface area contributed by atoms with Crippen LogP contribution in [0.15, 0.2) is 47.6 Å². The number of fused-ring (bicyclic) bond motifs is 10. The van der Waals surface area contributed by atoms with Crippen molar-refractivity contribution in [2.24, 2.45) is 57.2 Å². The van der Waals surface area contributed by atoms with Crippen molar-refractivity contribution in [2.45, 2.75) is 155 Å². The Balaban J connectivity index is 0.000000192. The highest BCUT2D eigenvalue weighted by Crippen LogP contribution is 2.72. The van der Waals surface area contributed by atoms with Gasteiger partial charge in [0.2, 0.25) is 0 Å². The Morgan fingerprint density at radius 1 is 0.705 bits per heavy atom. The van der Waals surface area contributed by atoms with Crippen molar-refractivity contribution in [1.82, 2.24) is 0 Å². The number of carbonyl (C=O) groups is 4. The molecule has 0 saturated heterocycles. The van der Waals surface area contributed by atoms with Gasteiger partial charge in [-0.3, -0.25) is 19.2 Å². The highest BCUT2D eigenvalue weighted by Gasteiger charge is 2.77. The van der Waals surface area contributed by atoms with Gasteiger partial charge in [0.25, 0.3) is 0 Å². The highest BCUT2D eigenvalue weighted by atomic mass is 19.1. The molecule has 16 atom stereocenters. The third-order valence-electron chi connectivity index (χ3n) is 17.9. The molecule has 0 aromatic heterocycles. The Hall–Kier alpha value is -2.74. The zero-order valence-electron chi connectivity index (χ0n) is 37.6. The Morgan fingerprint density at radius 2 is 1.08 bits per heavy atom. The maximum atomic E-state index is 17.0. The zero-order chi connectivity index (χ0) is 45.5. The second-order valence-electron chi connectivity index (χ2n) is 20.7. The molecule has 12 heteroatoms. The minimum atomic E-state index is -1.98. The number of aliphatic hydroxyl groups excluding tert-OH is 3. The SMILES string of the molecule is CCC.CCOCC(=O)[C@@]1(O)[C@H](C)C[C@H]2[C@@H]3CCC4=CC(=O)C=C[C@]4(C)[C@@]3(F)[C@@H](O)C[C@@]21C.C[C@@H]1C[C@H]2[C@@H]3CCC4=CC(=O)C=C[C@]4(C)[C@@]3(F)[C@@H](O)C[C@]2(C)[C@@]1(O)C(=O)CO. The van der Waals surface area contributed by atoms with Crippen LogP contribution in [0.25, 0.3) is 0 Å². The first kappa shape index (κ1) is 47.7. The Kier molecular flexibility index (Phi) is 12.6. The Labute approximate surface area is 360 Å². The first-order valence-corrected chi connectivity index (χ1v) is 22.7. The summed E-state index contributed by atoms with van der Waals surface area (Å²) in [5.41, 5.74) is -10.1. The third-order valence-corrected chi connectivity index (χ3v) is 17.9. The van der Waals surface area contributed by atoms with Crippen LogP contribution in [0.2, 0.25) is 0 Å². The van der Waals surface area contributed by atoms with Crippen LogP contribution in [0.4, 0.5) is 8.78 Å². The molecule has 0 amide bonds. The fraction of sp³-hybridized carbons (Fsp3) is 0.755. The maximum Gasteiger partial charge on any atom is 0.190 e. The Morgan fingerprint density at radius 3 is 1.44 bits per heavy atom. The molecule has 0 aromatic carbocycles. The van der Waals surface area contributed by atoms with Gasteiger partial charge in [-0.1, -0.05) is 71.3 Å². The number of halogens is 2. The predicted octanol–water partition coefficient (Wildman–Crippen LogP) is 6.25. The smallest absolute Gasteiger partial charge is 0.190 e. The van der Waals surface area contributed by atoms with Crippen LogP contribution in [0.5, 0.6) is 0 Å². The molecule has 0 aromatic rings. The molecule has 61 heavy (non-hydrogen) atoms. The van der Waals surface area contributed by atoms with Gasteiger partial charge < -0.3 is 30.3 Å². The Bertz CT molecular complexity index is 1930. The van der Waals surface area contributed by atoms with Crippen molar-refractivity contribution in [1.29, 1.82) is 0 Å². The number of Topliss-reactive ketones (excluding diaryl/α,β-unsaturated/α-hetero) is 2. The minimum absolute atomic E-state index is 0.00592. The van der Waals surface area contributed by atoms with Crippen molar-refractivity contribution >= 4 is 23.1 Å². The standard InChI is InChI=1S/C24H33FO5.C22H29FO5.C3H8/c1-5-30-13-20(28)24(29)14(2)10-18-17-7-6-15-11-16(26)8-9-21(15,3)23(17,25)19(27)12-22(18,24)4;1-12-8-16-15-5-4-13-9-14(25)6-7-19(13,2)21(15,23)17(26)10-20(16,3)22(12,28)18(27)11-24;1-3-2/h8-9,11,14,17-19,27,29H,5-7,10,12-13H2,1-4H3;6-7,9,12,15-17,24,26,28H,4-5,8,10-11H2,1-3H3;3H2,1-2H3/t14-,17+,18+,19+,21+,22+,23+,24+;12-,15+,16+,17+,19+,20+,21+,22+;/m11./s1. The number of ether oxygens (including phenoxy) is 1. The average molecular weight is 857 g/mol. The van der Waals surface area contributed by atoms with Crippen LogP contribution in [0.3, 0.4) is 0 Å². The van der Waals surface area contributed by atoms with Crippen LogP contribution >= 0.6 is 0 Å². The molecule has 5 N–H and O–H groups in total. The van der Waals surface area contributed by atoms with Gasteiger partial charge in [0.1, 0.15) is 24.4 Å². The van der Waals surface area contributed by atoms with Gasteiger partial charge in [-0.25, -0.2) is 8.78 Å². The summed E-state index contributed by atoms with van der Waals surface area (Å²) < 4.78 is 39.2. The first-order valence-electron chi connectivity index (χ1n) is 22.7. The number of hydrogen-bond donors (Lipinski definition) is 5. The van der Waals surface area contributed by atoms with Crippen LogP contribution in [-0.4, -0.2) is 103 Å². The molecule has 340 valence electrons. The van der Waals surface area contributed by atoms with E-state index in [1.54, 1.807) is 46.8 Å². The molecule has 6 saturated carbocycles. The lowest BCUT2D eigenvalue weighted by molar-refractivity contribution is -0.219. The van der Waals surface area contributed by atoms with Gasteiger partial charge in [-0.05, 0) is 120 Å². The molecule has 6 fully saturated rings. The second kappa shape index (κ2) is 16.1. The van der Waals surface area contributed by atoms with E-state index in [0.29, 0.717) is 50.7 Å². The number of alkyl halides is 2. The lowest BCUT2D eigenvalue weighted by Crippen LogP contribution is -2.69. The summed E-state index contributed by atoms with van der Waals surface area (Å²) in [5, 5.41) is 54.9. The fourth-order valence-electron chi connectivity index (χ4n) is 14.7. The van der Waals surface area contributed by atoms with Crippen molar-refractivity contribution in [3.05, 3.63) is 47.6 Å². The molecule has 10 nitrogen and oxygen atoms in total. The molecule has 8 aliphatic rings. The van der Waals surface area contributed by atoms with E-state index in [-0.39, 0.29) is 54.6 Å². The first-order chi connectivity index (χ1) is 28.3. The average Bonchev–Trinajstić information content (AvgIpc) is 3.53. The normalized spacial score (nSPS) is 48.9. The van der Waals surface area contributed by atoms with E-state index < -0.39 is 86.6 Å².